The highest BCUT2D eigenvalue weighted by Gasteiger charge is 2.22. The van der Waals surface area contributed by atoms with Crippen LogP contribution in [-0.4, -0.2) is 19.5 Å². The Labute approximate surface area is 320 Å². The van der Waals surface area contributed by atoms with Crippen LogP contribution in [0.2, 0.25) is 0 Å². The van der Waals surface area contributed by atoms with Crippen LogP contribution in [0.15, 0.2) is 170 Å². The molecule has 0 bridgehead atoms. The van der Waals surface area contributed by atoms with Gasteiger partial charge in [0.15, 0.2) is 17.5 Å². The molecule has 0 atom stereocenters. The molecule has 8 aromatic carbocycles. The second kappa shape index (κ2) is 11.8. The second-order valence-corrected chi connectivity index (χ2v) is 15.5. The van der Waals surface area contributed by atoms with Gasteiger partial charge in [-0.25, -0.2) is 15.0 Å². The smallest absolute Gasteiger partial charge is 0.164 e. The summed E-state index contributed by atoms with van der Waals surface area (Å²) in [6.07, 6.45) is 0.903. The van der Waals surface area contributed by atoms with Crippen molar-refractivity contribution in [3.8, 4) is 51.0 Å². The molecule has 0 aliphatic heterocycles. The maximum Gasteiger partial charge on any atom is 0.164 e. The minimum absolute atomic E-state index is 0.660. The van der Waals surface area contributed by atoms with Gasteiger partial charge in [0.25, 0.3) is 0 Å². The van der Waals surface area contributed by atoms with Crippen LogP contribution in [0.25, 0.3) is 104 Å². The van der Waals surface area contributed by atoms with E-state index in [2.05, 4.69) is 174 Å². The number of para-hydroxylation sites is 2. The SMILES string of the molecule is c1ccc(-n2c3ccccc3c3c(-c4nc(-c5ccc6c(c5)Cc5ccccc5-6)nc(-c5ccc6c(c5)sc5ccc7ccccc7c56)n4)cccc32)cc1. The molecule has 3 aromatic heterocycles. The Balaban J connectivity index is 1.09. The summed E-state index contributed by atoms with van der Waals surface area (Å²) in [4.78, 5) is 15.9. The van der Waals surface area contributed by atoms with E-state index < -0.39 is 0 Å². The molecule has 0 saturated heterocycles. The van der Waals surface area contributed by atoms with Crippen molar-refractivity contribution in [3.63, 3.8) is 0 Å². The first kappa shape index (κ1) is 30.5. The summed E-state index contributed by atoms with van der Waals surface area (Å²) in [5.74, 6) is 1.99. The topological polar surface area (TPSA) is 43.6 Å². The molecule has 0 amide bonds. The van der Waals surface area contributed by atoms with Gasteiger partial charge in [-0.1, -0.05) is 127 Å². The van der Waals surface area contributed by atoms with Crippen LogP contribution in [0.1, 0.15) is 11.1 Å². The van der Waals surface area contributed by atoms with E-state index in [9.17, 15) is 0 Å². The maximum atomic E-state index is 5.33. The van der Waals surface area contributed by atoms with Crippen molar-refractivity contribution >= 4 is 64.1 Å². The molecule has 4 nitrogen and oxygen atoms in total. The van der Waals surface area contributed by atoms with Gasteiger partial charge < -0.3 is 4.57 Å². The Morgan fingerprint density at radius 3 is 2.02 bits per heavy atom. The van der Waals surface area contributed by atoms with Crippen molar-refractivity contribution in [1.82, 2.24) is 19.5 Å². The molecule has 256 valence electrons. The van der Waals surface area contributed by atoms with E-state index in [1.165, 1.54) is 53.2 Å². The van der Waals surface area contributed by atoms with Crippen molar-refractivity contribution in [2.75, 3.05) is 0 Å². The molecule has 1 aliphatic rings. The molecule has 3 heterocycles. The first-order valence-corrected chi connectivity index (χ1v) is 19.5. The fourth-order valence-corrected chi connectivity index (χ4v) is 9.95. The van der Waals surface area contributed by atoms with Gasteiger partial charge >= 0.3 is 0 Å². The molecule has 0 spiro atoms. The maximum absolute atomic E-state index is 5.33. The highest BCUT2D eigenvalue weighted by Crippen LogP contribution is 2.42. The van der Waals surface area contributed by atoms with Crippen LogP contribution in [0, 0.1) is 0 Å². The van der Waals surface area contributed by atoms with E-state index in [0.29, 0.717) is 17.5 Å². The van der Waals surface area contributed by atoms with Gasteiger partial charge in [0, 0.05) is 53.3 Å². The van der Waals surface area contributed by atoms with Crippen LogP contribution in [0.4, 0.5) is 0 Å². The standard InChI is InChI=1S/C50H30N4S/c1-2-13-35(14-3-1)54-42-19-9-8-17-39(42)46-41(18-10-20-43(46)54)50-52-48(32-21-24-37-34(28-32)27-31-12-5-6-15-36(31)37)51-49(53-50)33-22-25-40-45(29-33)55-44-26-23-30-11-4-7-16-38(30)47(40)44/h1-26,28-29H,27H2. The Morgan fingerprint density at radius 1 is 0.418 bits per heavy atom. The molecule has 0 saturated carbocycles. The molecular weight excluding hydrogens is 689 g/mol. The average Bonchev–Trinajstić information content (AvgIpc) is 3.93. The normalized spacial score (nSPS) is 12.3. The van der Waals surface area contributed by atoms with E-state index in [0.717, 1.165) is 50.6 Å². The van der Waals surface area contributed by atoms with Gasteiger partial charge in [0.1, 0.15) is 0 Å². The van der Waals surface area contributed by atoms with Crippen LogP contribution in [0.5, 0.6) is 0 Å². The number of rotatable bonds is 4. The number of aromatic nitrogens is 4. The molecule has 0 radical (unpaired) electrons. The monoisotopic (exact) mass is 718 g/mol. The third-order valence-corrected chi connectivity index (χ3v) is 12.4. The molecule has 11 aromatic rings. The lowest BCUT2D eigenvalue weighted by atomic mass is 10.0. The van der Waals surface area contributed by atoms with Gasteiger partial charge in [-0.2, -0.15) is 0 Å². The summed E-state index contributed by atoms with van der Waals surface area (Å²) in [5, 5.41) is 7.39. The summed E-state index contributed by atoms with van der Waals surface area (Å²) in [6.45, 7) is 0. The van der Waals surface area contributed by atoms with Crippen molar-refractivity contribution in [2.45, 2.75) is 6.42 Å². The lowest BCUT2D eigenvalue weighted by Crippen LogP contribution is -2.01. The zero-order valence-corrected chi connectivity index (χ0v) is 30.4. The van der Waals surface area contributed by atoms with Crippen molar-refractivity contribution in [1.29, 1.82) is 0 Å². The largest absolute Gasteiger partial charge is 0.309 e. The Bertz CT molecular complexity index is 3360. The number of hydrogen-bond donors (Lipinski definition) is 0. The average molecular weight is 719 g/mol. The Hall–Kier alpha value is -6.95. The van der Waals surface area contributed by atoms with Gasteiger partial charge in [0.2, 0.25) is 0 Å². The van der Waals surface area contributed by atoms with Gasteiger partial charge in [-0.3, -0.25) is 0 Å². The first-order valence-electron chi connectivity index (χ1n) is 18.7. The minimum Gasteiger partial charge on any atom is -0.309 e. The van der Waals surface area contributed by atoms with Crippen LogP contribution in [-0.2, 0) is 6.42 Å². The summed E-state index contributed by atoms with van der Waals surface area (Å²) in [6, 6.07) is 60.9. The molecule has 55 heavy (non-hydrogen) atoms. The van der Waals surface area contributed by atoms with E-state index in [-0.39, 0.29) is 0 Å². The highest BCUT2D eigenvalue weighted by atomic mass is 32.1. The fraction of sp³-hybridized carbons (Fsp3) is 0.0200. The number of hydrogen-bond acceptors (Lipinski definition) is 4. The number of nitrogens with zero attached hydrogens (tertiary/aromatic N) is 4. The van der Waals surface area contributed by atoms with E-state index in [4.69, 9.17) is 15.0 Å². The molecular formula is C50H30N4S. The van der Waals surface area contributed by atoms with Gasteiger partial charge in [-0.15, -0.1) is 11.3 Å². The zero-order chi connectivity index (χ0) is 36.0. The third-order valence-electron chi connectivity index (χ3n) is 11.3. The molecule has 5 heteroatoms. The van der Waals surface area contributed by atoms with Gasteiger partial charge in [-0.05, 0) is 81.9 Å². The predicted molar refractivity (Wildman–Crippen MR) is 229 cm³/mol. The molecule has 0 N–H and O–H groups in total. The molecule has 1 aliphatic carbocycles. The van der Waals surface area contributed by atoms with Crippen LogP contribution < -0.4 is 0 Å². The van der Waals surface area contributed by atoms with E-state index in [1.807, 2.05) is 11.3 Å². The number of benzene rings is 8. The quantitative estimate of drug-likeness (QED) is 0.182. The first-order chi connectivity index (χ1) is 27.2. The van der Waals surface area contributed by atoms with Crippen molar-refractivity contribution < 1.29 is 0 Å². The van der Waals surface area contributed by atoms with Crippen molar-refractivity contribution in [2.24, 2.45) is 0 Å². The molecule has 0 unspecified atom stereocenters. The van der Waals surface area contributed by atoms with Gasteiger partial charge in [0.05, 0.1) is 11.0 Å². The highest BCUT2D eigenvalue weighted by molar-refractivity contribution is 7.26. The zero-order valence-electron chi connectivity index (χ0n) is 29.6. The Kier molecular flexibility index (Phi) is 6.53. The third kappa shape index (κ3) is 4.67. The summed E-state index contributed by atoms with van der Waals surface area (Å²) in [5.41, 5.74) is 11.6. The molecule has 0 fully saturated rings. The van der Waals surface area contributed by atoms with Crippen LogP contribution >= 0.6 is 11.3 Å². The van der Waals surface area contributed by atoms with Crippen LogP contribution in [0.3, 0.4) is 0 Å². The summed E-state index contributed by atoms with van der Waals surface area (Å²) >= 11 is 1.82. The summed E-state index contributed by atoms with van der Waals surface area (Å²) < 4.78 is 4.84. The number of fused-ring (bicyclic) bond motifs is 11. The minimum atomic E-state index is 0.660. The van der Waals surface area contributed by atoms with E-state index in [1.54, 1.807) is 0 Å². The second-order valence-electron chi connectivity index (χ2n) is 14.4. The lowest BCUT2D eigenvalue weighted by Gasteiger charge is -2.11. The molecule has 12 rings (SSSR count). The van der Waals surface area contributed by atoms with E-state index >= 15 is 0 Å². The lowest BCUT2D eigenvalue weighted by molar-refractivity contribution is 1.08. The summed E-state index contributed by atoms with van der Waals surface area (Å²) in [7, 11) is 0. The van der Waals surface area contributed by atoms with Crippen molar-refractivity contribution in [3.05, 3.63) is 181 Å². The Morgan fingerprint density at radius 2 is 1.11 bits per heavy atom. The number of thiophene rings is 1. The predicted octanol–water partition coefficient (Wildman–Crippen LogP) is 13.1. The fourth-order valence-electron chi connectivity index (χ4n) is 8.78.